The number of allylic oxidation sites excluding steroid dienone is 1. The van der Waals surface area contributed by atoms with Crippen LogP contribution in [0.3, 0.4) is 0 Å². The lowest BCUT2D eigenvalue weighted by Crippen LogP contribution is -2.47. The van der Waals surface area contributed by atoms with Gasteiger partial charge in [0.25, 0.3) is 0 Å². The SMILES string of the molecule is CCN(CC)CN(/C(C)=C(/C)C(=O)OC)C(C)(C)C. The normalized spacial score (nSPS) is 13.3. The van der Waals surface area contributed by atoms with Crippen LogP contribution in [0.5, 0.6) is 0 Å². The Morgan fingerprint density at radius 2 is 1.58 bits per heavy atom. The zero-order chi connectivity index (χ0) is 15.2. The summed E-state index contributed by atoms with van der Waals surface area (Å²) in [5.74, 6) is -0.258. The van der Waals surface area contributed by atoms with Crippen LogP contribution in [0.4, 0.5) is 0 Å². The fourth-order valence-corrected chi connectivity index (χ4v) is 1.95. The first-order valence-electron chi connectivity index (χ1n) is 6.94. The maximum Gasteiger partial charge on any atom is 0.335 e. The van der Waals surface area contributed by atoms with Gasteiger partial charge < -0.3 is 9.64 Å². The monoisotopic (exact) mass is 270 g/mol. The molecule has 0 aliphatic carbocycles. The molecule has 0 atom stereocenters. The van der Waals surface area contributed by atoms with Gasteiger partial charge in [-0.2, -0.15) is 0 Å². The molecule has 4 heteroatoms. The third-order valence-electron chi connectivity index (χ3n) is 3.48. The molecule has 0 saturated carbocycles. The fourth-order valence-electron chi connectivity index (χ4n) is 1.95. The maximum atomic E-state index is 11.7. The lowest BCUT2D eigenvalue weighted by Gasteiger charge is -2.42. The van der Waals surface area contributed by atoms with Crippen molar-refractivity contribution in [1.82, 2.24) is 9.80 Å². The van der Waals surface area contributed by atoms with Crippen LogP contribution < -0.4 is 0 Å². The van der Waals surface area contributed by atoms with Crippen molar-refractivity contribution in [3.63, 3.8) is 0 Å². The number of nitrogens with zero attached hydrogens (tertiary/aromatic N) is 2. The summed E-state index contributed by atoms with van der Waals surface area (Å²) in [4.78, 5) is 16.3. The molecule has 0 amide bonds. The van der Waals surface area contributed by atoms with Crippen molar-refractivity contribution in [1.29, 1.82) is 0 Å². The summed E-state index contributed by atoms with van der Waals surface area (Å²) in [6.45, 7) is 17.4. The third-order valence-corrected chi connectivity index (χ3v) is 3.48. The molecule has 0 aliphatic rings. The number of methoxy groups -OCH3 is 1. The molecule has 19 heavy (non-hydrogen) atoms. The standard InChI is InChI=1S/C15H30N2O2/c1-9-16(10-2)11-17(15(5,6)7)13(4)12(3)14(18)19-8/h9-11H2,1-8H3/b13-12-. The van der Waals surface area contributed by atoms with Crippen molar-refractivity contribution in [3.05, 3.63) is 11.3 Å². The van der Waals surface area contributed by atoms with E-state index >= 15 is 0 Å². The molecule has 0 rings (SSSR count). The minimum Gasteiger partial charge on any atom is -0.466 e. The smallest absolute Gasteiger partial charge is 0.335 e. The molecule has 0 aliphatic heterocycles. The van der Waals surface area contributed by atoms with Crippen LogP contribution in [-0.4, -0.2) is 48.2 Å². The fraction of sp³-hybridized carbons (Fsp3) is 0.800. The molecule has 0 aromatic heterocycles. The highest BCUT2D eigenvalue weighted by Crippen LogP contribution is 2.22. The minimum absolute atomic E-state index is 0.0397. The number of esters is 1. The van der Waals surface area contributed by atoms with E-state index in [1.807, 2.05) is 13.8 Å². The summed E-state index contributed by atoms with van der Waals surface area (Å²) in [5.41, 5.74) is 1.61. The molecular formula is C15H30N2O2. The van der Waals surface area contributed by atoms with Gasteiger partial charge in [-0.25, -0.2) is 4.79 Å². The van der Waals surface area contributed by atoms with Gasteiger partial charge in [0.2, 0.25) is 0 Å². The predicted molar refractivity (Wildman–Crippen MR) is 79.8 cm³/mol. The Bertz CT molecular complexity index is 326. The second-order valence-corrected chi connectivity index (χ2v) is 5.75. The van der Waals surface area contributed by atoms with Gasteiger partial charge in [-0.15, -0.1) is 0 Å². The van der Waals surface area contributed by atoms with Gasteiger partial charge in [0.1, 0.15) is 0 Å². The van der Waals surface area contributed by atoms with E-state index in [1.54, 1.807) is 0 Å². The van der Waals surface area contributed by atoms with E-state index in [4.69, 9.17) is 4.74 Å². The number of ether oxygens (including phenoxy) is 1. The summed E-state index contributed by atoms with van der Waals surface area (Å²) in [6.07, 6.45) is 0. The molecule has 0 spiro atoms. The molecule has 4 nitrogen and oxygen atoms in total. The molecule has 0 radical (unpaired) electrons. The van der Waals surface area contributed by atoms with E-state index in [9.17, 15) is 4.79 Å². The van der Waals surface area contributed by atoms with E-state index in [0.29, 0.717) is 5.57 Å². The minimum atomic E-state index is -0.258. The predicted octanol–water partition coefficient (Wildman–Crippen LogP) is 2.85. The average Bonchev–Trinajstić information content (AvgIpc) is 2.36. The molecular weight excluding hydrogens is 240 g/mol. The van der Waals surface area contributed by atoms with Crippen LogP contribution in [-0.2, 0) is 9.53 Å². The van der Waals surface area contributed by atoms with Crippen molar-refractivity contribution in [3.8, 4) is 0 Å². The first-order valence-corrected chi connectivity index (χ1v) is 6.94. The molecule has 0 fully saturated rings. The number of hydrogen-bond donors (Lipinski definition) is 0. The second-order valence-electron chi connectivity index (χ2n) is 5.75. The van der Waals surface area contributed by atoms with Crippen molar-refractivity contribution >= 4 is 5.97 Å². The number of carbonyl (C=O) groups excluding carboxylic acids is 1. The summed E-state index contributed by atoms with van der Waals surface area (Å²) in [6, 6.07) is 0. The van der Waals surface area contributed by atoms with Gasteiger partial charge in [0, 0.05) is 11.2 Å². The number of rotatable bonds is 6. The van der Waals surface area contributed by atoms with Crippen molar-refractivity contribution in [2.75, 3.05) is 26.9 Å². The molecule has 0 N–H and O–H groups in total. The van der Waals surface area contributed by atoms with Crippen molar-refractivity contribution in [2.45, 2.75) is 54.0 Å². The summed E-state index contributed by atoms with van der Waals surface area (Å²) >= 11 is 0. The highest BCUT2D eigenvalue weighted by Gasteiger charge is 2.25. The van der Waals surface area contributed by atoms with Crippen LogP contribution in [0.1, 0.15) is 48.5 Å². The Morgan fingerprint density at radius 1 is 1.11 bits per heavy atom. The molecule has 0 saturated heterocycles. The molecule has 0 bridgehead atoms. The van der Waals surface area contributed by atoms with Crippen LogP contribution in [0.15, 0.2) is 11.3 Å². The van der Waals surface area contributed by atoms with Crippen LogP contribution in [0.25, 0.3) is 0 Å². The van der Waals surface area contributed by atoms with Crippen molar-refractivity contribution < 1.29 is 9.53 Å². The quantitative estimate of drug-likeness (QED) is 0.422. The third kappa shape index (κ3) is 5.23. The average molecular weight is 270 g/mol. The Morgan fingerprint density at radius 3 is 1.89 bits per heavy atom. The summed E-state index contributed by atoms with van der Waals surface area (Å²) in [7, 11) is 1.42. The largest absolute Gasteiger partial charge is 0.466 e. The van der Waals surface area contributed by atoms with Crippen LogP contribution in [0.2, 0.25) is 0 Å². The Hall–Kier alpha value is -1.03. The van der Waals surface area contributed by atoms with Gasteiger partial charge in [-0.1, -0.05) is 13.8 Å². The highest BCUT2D eigenvalue weighted by molar-refractivity contribution is 5.88. The lowest BCUT2D eigenvalue weighted by atomic mass is 10.0. The topological polar surface area (TPSA) is 32.8 Å². The van der Waals surface area contributed by atoms with Crippen molar-refractivity contribution in [2.24, 2.45) is 0 Å². The Labute approximate surface area is 118 Å². The maximum absolute atomic E-state index is 11.7. The first kappa shape index (κ1) is 18.0. The van der Waals surface area contributed by atoms with Gasteiger partial charge in [0.05, 0.1) is 19.4 Å². The molecule has 0 heterocycles. The van der Waals surface area contributed by atoms with Gasteiger partial charge in [0.15, 0.2) is 0 Å². The van der Waals surface area contributed by atoms with Gasteiger partial charge in [-0.3, -0.25) is 4.90 Å². The van der Waals surface area contributed by atoms with E-state index in [0.717, 1.165) is 25.5 Å². The van der Waals surface area contributed by atoms with Gasteiger partial charge >= 0.3 is 5.97 Å². The molecule has 0 unspecified atom stereocenters. The van der Waals surface area contributed by atoms with E-state index in [2.05, 4.69) is 44.4 Å². The first-order chi connectivity index (χ1) is 8.68. The molecule has 112 valence electrons. The van der Waals surface area contributed by atoms with Gasteiger partial charge in [-0.05, 0) is 47.7 Å². The van der Waals surface area contributed by atoms with Crippen LogP contribution in [0, 0.1) is 0 Å². The Balaban J connectivity index is 5.33. The molecule has 0 aromatic carbocycles. The zero-order valence-corrected chi connectivity index (χ0v) is 13.8. The van der Waals surface area contributed by atoms with E-state index < -0.39 is 0 Å². The lowest BCUT2D eigenvalue weighted by molar-refractivity contribution is -0.136. The molecule has 0 aromatic rings. The highest BCUT2D eigenvalue weighted by atomic mass is 16.5. The number of carbonyl (C=O) groups is 1. The summed E-state index contributed by atoms with van der Waals surface area (Å²) < 4.78 is 4.82. The number of hydrogen-bond acceptors (Lipinski definition) is 4. The van der Waals surface area contributed by atoms with Crippen LogP contribution >= 0.6 is 0 Å². The second kappa shape index (κ2) is 7.53. The van der Waals surface area contributed by atoms with E-state index in [1.165, 1.54) is 7.11 Å². The Kier molecular flexibility index (Phi) is 7.12. The van der Waals surface area contributed by atoms with E-state index in [-0.39, 0.29) is 11.5 Å². The summed E-state index contributed by atoms with van der Waals surface area (Å²) in [5, 5.41) is 0. The zero-order valence-electron chi connectivity index (χ0n) is 13.8.